The van der Waals surface area contributed by atoms with Crippen molar-refractivity contribution in [3.63, 3.8) is 0 Å². The maximum Gasteiger partial charge on any atom is 0.349 e. The third-order valence-corrected chi connectivity index (χ3v) is 3.82. The number of carbonyl (C=O) groups excluding carboxylic acids is 2. The van der Waals surface area contributed by atoms with Gasteiger partial charge in [0, 0.05) is 4.47 Å². The normalized spacial score (nSPS) is 10.5. The summed E-state index contributed by atoms with van der Waals surface area (Å²) in [5.41, 5.74) is 1.24. The Morgan fingerprint density at radius 1 is 1.12 bits per heavy atom. The molecule has 0 unspecified atom stereocenters. The van der Waals surface area contributed by atoms with Crippen LogP contribution in [-0.2, 0) is 9.53 Å². The molecule has 0 saturated carbocycles. The number of rotatable bonds is 7. The van der Waals surface area contributed by atoms with E-state index in [0.717, 1.165) is 10.0 Å². The summed E-state index contributed by atoms with van der Waals surface area (Å²) in [6.45, 7) is 5.91. The predicted molar refractivity (Wildman–Crippen MR) is 102 cm³/mol. The summed E-state index contributed by atoms with van der Waals surface area (Å²) in [7, 11) is 0. The molecule has 0 spiro atoms. The van der Waals surface area contributed by atoms with Crippen LogP contribution in [-0.4, -0.2) is 25.2 Å². The van der Waals surface area contributed by atoms with E-state index in [2.05, 4.69) is 15.9 Å². The predicted octanol–water partition coefficient (Wildman–Crippen LogP) is 4.55. The molecule has 2 aromatic rings. The van der Waals surface area contributed by atoms with E-state index in [0.29, 0.717) is 17.9 Å². The highest BCUT2D eigenvalue weighted by molar-refractivity contribution is 9.10. The van der Waals surface area contributed by atoms with E-state index in [1.807, 2.05) is 32.9 Å². The summed E-state index contributed by atoms with van der Waals surface area (Å²) in [4.78, 5) is 24.0. The van der Waals surface area contributed by atoms with Crippen LogP contribution in [0.4, 0.5) is 0 Å². The van der Waals surface area contributed by atoms with Crippen molar-refractivity contribution in [3.8, 4) is 11.5 Å². The summed E-state index contributed by atoms with van der Waals surface area (Å²) in [6, 6.07) is 11.8. The molecule has 26 heavy (non-hydrogen) atoms. The van der Waals surface area contributed by atoms with Crippen molar-refractivity contribution in [2.75, 3.05) is 13.2 Å². The van der Waals surface area contributed by atoms with Crippen LogP contribution in [0, 0.1) is 12.8 Å². The van der Waals surface area contributed by atoms with Gasteiger partial charge in [-0.2, -0.15) is 0 Å². The molecule has 138 valence electrons. The average Bonchev–Trinajstić information content (AvgIpc) is 2.59. The minimum atomic E-state index is -0.556. The molecular weight excluding hydrogens is 400 g/mol. The lowest BCUT2D eigenvalue weighted by atomic mass is 10.2. The first kappa shape index (κ1) is 20.0. The fourth-order valence-electron chi connectivity index (χ4n) is 2.08. The van der Waals surface area contributed by atoms with Crippen LogP contribution in [0.25, 0.3) is 0 Å². The Balaban J connectivity index is 1.92. The minimum absolute atomic E-state index is 0.232. The molecule has 2 rings (SSSR count). The Hall–Kier alpha value is -2.34. The molecule has 0 saturated heterocycles. The van der Waals surface area contributed by atoms with Gasteiger partial charge in [0.2, 0.25) is 0 Å². The van der Waals surface area contributed by atoms with Crippen LogP contribution in [0.15, 0.2) is 46.9 Å². The number of halogens is 1. The molecule has 0 heterocycles. The van der Waals surface area contributed by atoms with Gasteiger partial charge >= 0.3 is 11.9 Å². The van der Waals surface area contributed by atoms with Crippen LogP contribution in [0.3, 0.4) is 0 Å². The van der Waals surface area contributed by atoms with Crippen molar-refractivity contribution in [1.82, 2.24) is 0 Å². The molecule has 0 N–H and O–H groups in total. The van der Waals surface area contributed by atoms with Crippen LogP contribution >= 0.6 is 15.9 Å². The van der Waals surface area contributed by atoms with Gasteiger partial charge in [0.1, 0.15) is 11.5 Å². The lowest BCUT2D eigenvalue weighted by Gasteiger charge is -2.10. The quantitative estimate of drug-likeness (QED) is 0.485. The number of ether oxygens (including phenoxy) is 3. The maximum atomic E-state index is 12.0. The van der Waals surface area contributed by atoms with E-state index in [-0.39, 0.29) is 18.3 Å². The number of carbonyl (C=O) groups is 2. The van der Waals surface area contributed by atoms with Gasteiger partial charge in [0.25, 0.3) is 0 Å². The first-order valence-corrected chi connectivity index (χ1v) is 9.01. The van der Waals surface area contributed by atoms with Gasteiger partial charge in [-0.15, -0.1) is 0 Å². The molecule has 2 aromatic carbocycles. The van der Waals surface area contributed by atoms with Crippen molar-refractivity contribution in [2.24, 2.45) is 5.92 Å². The molecule has 0 atom stereocenters. The van der Waals surface area contributed by atoms with Gasteiger partial charge in [-0.05, 0) is 54.8 Å². The molecule has 0 aliphatic heterocycles. The van der Waals surface area contributed by atoms with Crippen LogP contribution < -0.4 is 9.47 Å². The van der Waals surface area contributed by atoms with Crippen LogP contribution in [0.5, 0.6) is 11.5 Å². The summed E-state index contributed by atoms with van der Waals surface area (Å²) in [5, 5.41) is 0. The van der Waals surface area contributed by atoms with E-state index >= 15 is 0 Å². The van der Waals surface area contributed by atoms with Gasteiger partial charge in [0.15, 0.2) is 6.61 Å². The Labute approximate surface area is 161 Å². The van der Waals surface area contributed by atoms with Crippen molar-refractivity contribution in [2.45, 2.75) is 20.8 Å². The standard InChI is InChI=1S/C20H21BrO5/c1-13(2)11-25-20(23)15-5-4-6-17(10-15)26-19(22)12-24-18-8-7-16(21)9-14(18)3/h4-10,13H,11-12H2,1-3H3. The average molecular weight is 421 g/mol. The summed E-state index contributed by atoms with van der Waals surface area (Å²) >= 11 is 3.37. The zero-order chi connectivity index (χ0) is 19.1. The third-order valence-electron chi connectivity index (χ3n) is 3.33. The smallest absolute Gasteiger partial charge is 0.349 e. The highest BCUT2D eigenvalue weighted by Gasteiger charge is 2.12. The molecule has 5 nitrogen and oxygen atoms in total. The molecular formula is C20H21BrO5. The second kappa shape index (κ2) is 9.38. The van der Waals surface area contributed by atoms with Gasteiger partial charge in [-0.25, -0.2) is 9.59 Å². The van der Waals surface area contributed by atoms with Crippen molar-refractivity contribution < 1.29 is 23.8 Å². The Morgan fingerprint density at radius 3 is 2.58 bits per heavy atom. The molecule has 0 radical (unpaired) electrons. The fourth-order valence-corrected chi connectivity index (χ4v) is 2.56. The van der Waals surface area contributed by atoms with E-state index < -0.39 is 11.9 Å². The summed E-state index contributed by atoms with van der Waals surface area (Å²) in [5.74, 6) is 0.124. The van der Waals surface area contributed by atoms with Crippen LogP contribution in [0.1, 0.15) is 29.8 Å². The summed E-state index contributed by atoms with van der Waals surface area (Å²) < 4.78 is 16.8. The highest BCUT2D eigenvalue weighted by Crippen LogP contribution is 2.22. The molecule has 0 fully saturated rings. The Bertz CT molecular complexity index is 786. The molecule has 0 aliphatic carbocycles. The minimum Gasteiger partial charge on any atom is -0.482 e. The Kier molecular flexibility index (Phi) is 7.21. The SMILES string of the molecule is Cc1cc(Br)ccc1OCC(=O)Oc1cccc(C(=O)OCC(C)C)c1. The molecule has 0 aliphatic rings. The number of aryl methyl sites for hydroxylation is 1. The summed E-state index contributed by atoms with van der Waals surface area (Å²) in [6.07, 6.45) is 0. The van der Waals surface area contributed by atoms with E-state index in [9.17, 15) is 9.59 Å². The second-order valence-corrected chi connectivity index (χ2v) is 7.11. The first-order valence-electron chi connectivity index (χ1n) is 8.22. The van der Waals surface area contributed by atoms with Crippen LogP contribution in [0.2, 0.25) is 0 Å². The lowest BCUT2D eigenvalue weighted by Crippen LogP contribution is -2.18. The van der Waals surface area contributed by atoms with Crippen molar-refractivity contribution >= 4 is 27.9 Å². The lowest BCUT2D eigenvalue weighted by molar-refractivity contribution is -0.136. The maximum absolute atomic E-state index is 12.0. The van der Waals surface area contributed by atoms with Gasteiger partial charge in [-0.1, -0.05) is 35.8 Å². The second-order valence-electron chi connectivity index (χ2n) is 6.19. The number of hydrogen-bond donors (Lipinski definition) is 0. The largest absolute Gasteiger partial charge is 0.482 e. The zero-order valence-corrected chi connectivity index (χ0v) is 16.5. The number of hydrogen-bond acceptors (Lipinski definition) is 5. The fraction of sp³-hybridized carbons (Fsp3) is 0.300. The molecule has 0 bridgehead atoms. The number of esters is 2. The Morgan fingerprint density at radius 2 is 1.88 bits per heavy atom. The van der Waals surface area contributed by atoms with E-state index in [4.69, 9.17) is 14.2 Å². The highest BCUT2D eigenvalue weighted by atomic mass is 79.9. The molecule has 6 heteroatoms. The molecule has 0 amide bonds. The van der Waals surface area contributed by atoms with E-state index in [1.165, 1.54) is 6.07 Å². The third kappa shape index (κ3) is 6.19. The van der Waals surface area contributed by atoms with Gasteiger partial charge in [-0.3, -0.25) is 0 Å². The van der Waals surface area contributed by atoms with E-state index in [1.54, 1.807) is 24.3 Å². The monoisotopic (exact) mass is 420 g/mol. The van der Waals surface area contributed by atoms with Crippen molar-refractivity contribution in [3.05, 3.63) is 58.1 Å². The van der Waals surface area contributed by atoms with Gasteiger partial charge < -0.3 is 14.2 Å². The topological polar surface area (TPSA) is 61.8 Å². The van der Waals surface area contributed by atoms with Gasteiger partial charge in [0.05, 0.1) is 12.2 Å². The molecule has 0 aromatic heterocycles. The first-order chi connectivity index (χ1) is 12.3. The zero-order valence-electron chi connectivity index (χ0n) is 15.0. The van der Waals surface area contributed by atoms with Crippen molar-refractivity contribution in [1.29, 1.82) is 0 Å². The number of benzene rings is 2.